The van der Waals surface area contributed by atoms with Gasteiger partial charge in [0.1, 0.15) is 5.75 Å². The lowest BCUT2D eigenvalue weighted by atomic mass is 10.1. The van der Waals surface area contributed by atoms with Crippen LogP contribution in [0.1, 0.15) is 15.9 Å². The number of methoxy groups -OCH3 is 1. The molecule has 0 aromatic heterocycles. The summed E-state index contributed by atoms with van der Waals surface area (Å²) in [5.41, 5.74) is 1.38. The van der Waals surface area contributed by atoms with Crippen LogP contribution in [0.3, 0.4) is 0 Å². The van der Waals surface area contributed by atoms with Crippen LogP contribution in [0.2, 0.25) is 0 Å². The predicted molar refractivity (Wildman–Crippen MR) is 94.3 cm³/mol. The molecule has 0 saturated carbocycles. The first-order valence-electron chi connectivity index (χ1n) is 7.25. The van der Waals surface area contributed by atoms with Crippen LogP contribution in [0, 0.1) is 0 Å². The molecule has 0 radical (unpaired) electrons. The summed E-state index contributed by atoms with van der Waals surface area (Å²) in [6, 6.07) is 12.4. The minimum atomic E-state index is -0.461. The Balaban J connectivity index is 1.86. The minimum Gasteiger partial charge on any atom is -0.508 e. The lowest BCUT2D eigenvalue weighted by molar-refractivity contribution is -0.113. The molecule has 2 amide bonds. The van der Waals surface area contributed by atoms with Crippen molar-refractivity contribution in [2.45, 2.75) is 0 Å². The van der Waals surface area contributed by atoms with Gasteiger partial charge in [-0.15, -0.1) is 0 Å². The first-order chi connectivity index (χ1) is 12.0. The molecule has 6 nitrogen and oxygen atoms in total. The van der Waals surface area contributed by atoms with Gasteiger partial charge < -0.3 is 9.84 Å². The second-order valence-electron chi connectivity index (χ2n) is 5.15. The van der Waals surface area contributed by atoms with Crippen LogP contribution in [0.15, 0.2) is 53.4 Å². The van der Waals surface area contributed by atoms with Crippen LogP contribution in [0.25, 0.3) is 6.08 Å². The van der Waals surface area contributed by atoms with Crippen LogP contribution >= 0.6 is 11.8 Å². The van der Waals surface area contributed by atoms with Gasteiger partial charge in [0.25, 0.3) is 11.1 Å². The monoisotopic (exact) mass is 355 g/mol. The van der Waals surface area contributed by atoms with Crippen molar-refractivity contribution in [2.24, 2.45) is 0 Å². The van der Waals surface area contributed by atoms with E-state index in [-0.39, 0.29) is 10.7 Å². The van der Waals surface area contributed by atoms with E-state index >= 15 is 0 Å². The molecule has 1 fully saturated rings. The quantitative estimate of drug-likeness (QED) is 0.671. The Morgan fingerprint density at radius 3 is 2.52 bits per heavy atom. The Morgan fingerprint density at radius 1 is 1.16 bits per heavy atom. The van der Waals surface area contributed by atoms with Crippen LogP contribution in [0.4, 0.5) is 10.5 Å². The van der Waals surface area contributed by atoms with E-state index in [1.54, 1.807) is 42.5 Å². The maximum absolute atomic E-state index is 12.5. The molecule has 0 unspecified atom stereocenters. The predicted octanol–water partition coefficient (Wildman–Crippen LogP) is 3.42. The smallest absolute Gasteiger partial charge is 0.337 e. The number of phenols is 1. The minimum absolute atomic E-state index is 0.0288. The second-order valence-corrected chi connectivity index (χ2v) is 6.14. The number of anilines is 1. The molecule has 0 spiro atoms. The van der Waals surface area contributed by atoms with Crippen molar-refractivity contribution in [1.29, 1.82) is 0 Å². The van der Waals surface area contributed by atoms with E-state index in [0.29, 0.717) is 16.8 Å². The highest BCUT2D eigenvalue weighted by Crippen LogP contribution is 2.36. The lowest BCUT2D eigenvalue weighted by Crippen LogP contribution is -2.27. The summed E-state index contributed by atoms with van der Waals surface area (Å²) in [5.74, 6) is -0.938. The number of hydrogen-bond donors (Lipinski definition) is 1. The zero-order chi connectivity index (χ0) is 18.0. The van der Waals surface area contributed by atoms with Crippen LogP contribution in [-0.4, -0.2) is 29.3 Å². The van der Waals surface area contributed by atoms with Gasteiger partial charge in [0.2, 0.25) is 0 Å². The third-order valence-electron chi connectivity index (χ3n) is 3.51. The van der Waals surface area contributed by atoms with Crippen LogP contribution < -0.4 is 4.90 Å². The topological polar surface area (TPSA) is 83.9 Å². The van der Waals surface area contributed by atoms with Crippen molar-refractivity contribution < 1.29 is 24.2 Å². The fourth-order valence-corrected chi connectivity index (χ4v) is 3.15. The van der Waals surface area contributed by atoms with Gasteiger partial charge in [0.15, 0.2) is 0 Å². The Labute approximate surface area is 147 Å². The summed E-state index contributed by atoms with van der Waals surface area (Å²) in [7, 11) is 1.30. The van der Waals surface area contributed by atoms with E-state index in [0.717, 1.165) is 16.7 Å². The zero-order valence-corrected chi connectivity index (χ0v) is 13.9. The fourth-order valence-electron chi connectivity index (χ4n) is 2.31. The number of nitrogens with zero attached hydrogens (tertiary/aromatic N) is 1. The number of aromatic hydroxyl groups is 1. The molecule has 0 atom stereocenters. The molecular weight excluding hydrogens is 342 g/mol. The largest absolute Gasteiger partial charge is 0.508 e. The molecular formula is C18H13NO5S. The van der Waals surface area contributed by atoms with Gasteiger partial charge in [-0.25, -0.2) is 9.69 Å². The van der Waals surface area contributed by atoms with E-state index in [9.17, 15) is 19.5 Å². The molecule has 3 rings (SSSR count). The molecule has 1 aliphatic rings. The molecule has 1 N–H and O–H groups in total. The Bertz CT molecular complexity index is 889. The molecule has 0 bridgehead atoms. The van der Waals surface area contributed by atoms with E-state index in [4.69, 9.17) is 0 Å². The zero-order valence-electron chi connectivity index (χ0n) is 13.1. The van der Waals surface area contributed by atoms with E-state index in [1.807, 2.05) is 0 Å². The average molecular weight is 355 g/mol. The third kappa shape index (κ3) is 3.41. The maximum Gasteiger partial charge on any atom is 0.337 e. The van der Waals surface area contributed by atoms with E-state index in [1.165, 1.54) is 19.2 Å². The number of rotatable bonds is 3. The Hall–Kier alpha value is -3.06. The number of hydrogen-bond acceptors (Lipinski definition) is 6. The van der Waals surface area contributed by atoms with Crippen molar-refractivity contribution in [3.8, 4) is 5.75 Å². The lowest BCUT2D eigenvalue weighted by Gasteiger charge is -2.12. The van der Waals surface area contributed by atoms with Crippen molar-refractivity contribution in [3.63, 3.8) is 0 Å². The number of carbonyl (C=O) groups excluding carboxylic acids is 3. The van der Waals surface area contributed by atoms with Crippen molar-refractivity contribution in [1.82, 2.24) is 0 Å². The standard InChI is InChI=1S/C18H13NO5S/c1-24-17(22)12-7-5-11(6-8-12)9-15-16(21)19(18(23)25-15)13-3-2-4-14(20)10-13/h2-10,20H,1H3. The highest BCUT2D eigenvalue weighted by Gasteiger charge is 2.36. The first kappa shape index (κ1) is 16.8. The number of imide groups is 1. The normalized spacial score (nSPS) is 15.7. The highest BCUT2D eigenvalue weighted by molar-refractivity contribution is 8.19. The van der Waals surface area contributed by atoms with Gasteiger partial charge in [-0.3, -0.25) is 9.59 Å². The van der Waals surface area contributed by atoms with Crippen LogP contribution in [0.5, 0.6) is 5.75 Å². The summed E-state index contributed by atoms with van der Waals surface area (Å²) in [6.07, 6.45) is 1.58. The van der Waals surface area contributed by atoms with Gasteiger partial charge in [-0.05, 0) is 47.7 Å². The number of phenolic OH excluding ortho intramolecular Hbond substituents is 1. The molecule has 1 aliphatic heterocycles. The number of amides is 2. The number of thioether (sulfide) groups is 1. The van der Waals surface area contributed by atoms with Gasteiger partial charge in [-0.2, -0.15) is 0 Å². The Kier molecular flexibility index (Phi) is 4.58. The Morgan fingerprint density at radius 2 is 1.88 bits per heavy atom. The summed E-state index contributed by atoms with van der Waals surface area (Å²) in [6.45, 7) is 0. The van der Waals surface area contributed by atoms with Gasteiger partial charge in [-0.1, -0.05) is 18.2 Å². The average Bonchev–Trinajstić information content (AvgIpc) is 2.88. The number of esters is 1. The summed E-state index contributed by atoms with van der Waals surface area (Å²) in [5, 5.41) is 9.09. The fraction of sp³-hybridized carbons (Fsp3) is 0.0556. The SMILES string of the molecule is COC(=O)c1ccc(C=C2SC(=O)N(c3cccc(O)c3)C2=O)cc1. The van der Waals surface area contributed by atoms with Gasteiger partial charge in [0, 0.05) is 6.07 Å². The highest BCUT2D eigenvalue weighted by atomic mass is 32.2. The summed E-state index contributed by atoms with van der Waals surface area (Å²) in [4.78, 5) is 37.4. The van der Waals surface area contributed by atoms with Gasteiger partial charge in [0.05, 0.1) is 23.3 Å². The number of ether oxygens (including phenoxy) is 1. The van der Waals surface area contributed by atoms with E-state index < -0.39 is 17.1 Å². The molecule has 1 heterocycles. The van der Waals surface area contributed by atoms with Gasteiger partial charge >= 0.3 is 5.97 Å². The first-order valence-corrected chi connectivity index (χ1v) is 8.06. The summed E-state index contributed by atoms with van der Waals surface area (Å²) >= 11 is 0.818. The van der Waals surface area contributed by atoms with Crippen molar-refractivity contribution in [3.05, 3.63) is 64.6 Å². The second kappa shape index (κ2) is 6.82. The molecule has 1 saturated heterocycles. The van der Waals surface area contributed by atoms with Crippen molar-refractivity contribution in [2.75, 3.05) is 12.0 Å². The maximum atomic E-state index is 12.5. The van der Waals surface area contributed by atoms with Crippen LogP contribution in [-0.2, 0) is 9.53 Å². The van der Waals surface area contributed by atoms with E-state index in [2.05, 4.69) is 4.74 Å². The molecule has 2 aromatic carbocycles. The molecule has 126 valence electrons. The molecule has 0 aliphatic carbocycles. The molecule has 25 heavy (non-hydrogen) atoms. The third-order valence-corrected chi connectivity index (χ3v) is 4.38. The molecule has 2 aromatic rings. The number of benzene rings is 2. The van der Waals surface area contributed by atoms with Crippen molar-refractivity contribution >= 4 is 40.6 Å². The number of carbonyl (C=O) groups is 3. The molecule has 7 heteroatoms. The summed E-state index contributed by atoms with van der Waals surface area (Å²) < 4.78 is 4.63.